The molecule has 316 valence electrons. The Morgan fingerprint density at radius 2 is 0.939 bits per heavy atom. The van der Waals surface area contributed by atoms with E-state index in [9.17, 15) is 0 Å². The van der Waals surface area contributed by atoms with Crippen LogP contribution in [0, 0.1) is 0 Å². The van der Waals surface area contributed by atoms with Gasteiger partial charge in [0.2, 0.25) is 0 Å². The minimum atomic E-state index is -0.507. The number of rotatable bonds is 6. The number of hydrogen-bond acceptors (Lipinski definition) is 1. The second-order valence-corrected chi connectivity index (χ2v) is 17.8. The predicted octanol–water partition coefficient (Wildman–Crippen LogP) is 16.7. The van der Waals surface area contributed by atoms with Gasteiger partial charge in [-0.25, -0.2) is 0 Å². The lowest BCUT2D eigenvalue weighted by Gasteiger charge is -2.34. The molecule has 3 heteroatoms. The van der Waals surface area contributed by atoms with Crippen molar-refractivity contribution in [3.05, 3.63) is 259 Å². The third kappa shape index (κ3) is 6.19. The average molecular weight is 866 g/mol. The lowest BCUT2D eigenvalue weighted by atomic mass is 9.67. The van der Waals surface area contributed by atoms with Gasteiger partial charge in [0.1, 0.15) is 0 Å². The van der Waals surface area contributed by atoms with Crippen molar-refractivity contribution < 1.29 is 5.48 Å². The molecule has 13 rings (SSSR count). The number of para-hydroxylation sites is 1. The molecule has 1 aliphatic carbocycles. The molecule has 10 aromatic carbocycles. The molecule has 0 radical (unpaired) electrons. The van der Waals surface area contributed by atoms with E-state index in [0.717, 1.165) is 5.69 Å². The molecule has 0 atom stereocenters. The van der Waals surface area contributed by atoms with Gasteiger partial charge >= 0.3 is 0 Å². The Kier molecular flexibility index (Phi) is 10.3. The van der Waals surface area contributed by atoms with Crippen LogP contribution >= 0.6 is 11.3 Å². The maximum atomic E-state index is 2.51. The Morgan fingerprint density at radius 3 is 1.62 bits per heavy atom. The van der Waals surface area contributed by atoms with E-state index < -0.39 is 5.41 Å². The second-order valence-electron chi connectivity index (χ2n) is 16.8. The summed E-state index contributed by atoms with van der Waals surface area (Å²) in [5.74, 6) is 0. The standard InChI is InChI=1S/C61H39NS.C2H6.H2O/c1-5-18-40(19-6-1)42-22-17-27-47(36-42)62-56-30-15-13-28-49(56)53-39-51(58-50-29-14-16-31-57(50)63-60(58)59(53)62)44-33-35-54-52(37-44)48-34-32-43(41-20-7-2-8-21-41)38-55(48)61(54,45-23-9-3-10-24-45)46-25-11-4-12-26-46;1-2;/h1-39H;1-2H3;1H2. The molecule has 0 saturated heterocycles. The third-order valence-electron chi connectivity index (χ3n) is 13.5. The molecule has 1 aliphatic rings. The van der Waals surface area contributed by atoms with Crippen LogP contribution < -0.4 is 0 Å². The molecule has 2 aromatic heterocycles. The number of nitrogens with zero attached hydrogens (tertiary/aromatic N) is 1. The molecule has 12 aromatic rings. The zero-order valence-electron chi connectivity index (χ0n) is 36.9. The zero-order chi connectivity index (χ0) is 43.5. The molecule has 0 aliphatic heterocycles. The van der Waals surface area contributed by atoms with Gasteiger partial charge in [-0.2, -0.15) is 0 Å². The van der Waals surface area contributed by atoms with Crippen LogP contribution in [-0.2, 0) is 5.41 Å². The zero-order valence-corrected chi connectivity index (χ0v) is 37.7. The SMILES string of the molecule is CC.O.c1ccc(-c2cccc(-n3c4ccccc4c4cc(-c5ccc6c(c5)-c5ccc(-c7ccccc7)cc5C6(c5ccccc5)c5ccccc5)c5c6ccccc6sc5c43)c2)cc1. The summed E-state index contributed by atoms with van der Waals surface area (Å²) < 4.78 is 5.11. The van der Waals surface area contributed by atoms with E-state index in [0.29, 0.717) is 0 Å². The monoisotopic (exact) mass is 865 g/mol. The van der Waals surface area contributed by atoms with Crippen molar-refractivity contribution in [3.8, 4) is 50.2 Å². The number of thiophene rings is 1. The molecule has 0 bridgehead atoms. The maximum absolute atomic E-state index is 2.51. The van der Waals surface area contributed by atoms with Gasteiger partial charge in [0, 0.05) is 31.9 Å². The number of fused-ring (bicyclic) bond motifs is 10. The van der Waals surface area contributed by atoms with Crippen molar-refractivity contribution in [1.29, 1.82) is 0 Å². The molecule has 0 fully saturated rings. The number of benzene rings is 10. The van der Waals surface area contributed by atoms with Crippen LogP contribution in [0.3, 0.4) is 0 Å². The Balaban J connectivity index is 0.00000158. The number of hydrogen-bond donors (Lipinski definition) is 0. The molecule has 2 heterocycles. The van der Waals surface area contributed by atoms with Crippen LogP contribution in [0.2, 0.25) is 0 Å². The first kappa shape index (κ1) is 40.9. The summed E-state index contributed by atoms with van der Waals surface area (Å²) in [6.45, 7) is 4.00. The fourth-order valence-corrected chi connectivity index (χ4v) is 12.0. The van der Waals surface area contributed by atoms with Crippen LogP contribution in [0.5, 0.6) is 0 Å². The number of aromatic nitrogens is 1. The van der Waals surface area contributed by atoms with Crippen molar-refractivity contribution in [2.45, 2.75) is 19.3 Å². The fourth-order valence-electron chi connectivity index (χ4n) is 10.8. The van der Waals surface area contributed by atoms with E-state index in [-0.39, 0.29) is 5.48 Å². The van der Waals surface area contributed by atoms with Gasteiger partial charge in [-0.3, -0.25) is 0 Å². The molecule has 0 spiro atoms. The fraction of sp³-hybridized carbons (Fsp3) is 0.0476. The molecule has 0 amide bonds. The van der Waals surface area contributed by atoms with E-state index in [1.807, 2.05) is 25.2 Å². The third-order valence-corrected chi connectivity index (χ3v) is 14.6. The summed E-state index contributed by atoms with van der Waals surface area (Å²) >= 11 is 1.91. The molecular formula is C63H47NOS. The largest absolute Gasteiger partial charge is 0.412 e. The van der Waals surface area contributed by atoms with Crippen LogP contribution in [-0.4, -0.2) is 10.0 Å². The van der Waals surface area contributed by atoms with Crippen LogP contribution in [0.1, 0.15) is 36.1 Å². The van der Waals surface area contributed by atoms with Gasteiger partial charge in [-0.05, 0) is 109 Å². The Hall–Kier alpha value is -7.82. The molecule has 66 heavy (non-hydrogen) atoms. The smallest absolute Gasteiger partial charge is 0.0720 e. The first-order valence-electron chi connectivity index (χ1n) is 22.8. The summed E-state index contributed by atoms with van der Waals surface area (Å²) in [7, 11) is 0. The van der Waals surface area contributed by atoms with Crippen LogP contribution in [0.25, 0.3) is 92.2 Å². The lowest BCUT2D eigenvalue weighted by molar-refractivity contribution is 0.769. The summed E-state index contributed by atoms with van der Waals surface area (Å²) in [6, 6.07) is 87.7. The van der Waals surface area contributed by atoms with Crippen LogP contribution in [0.4, 0.5) is 0 Å². The van der Waals surface area contributed by atoms with Gasteiger partial charge in [0.15, 0.2) is 0 Å². The minimum absolute atomic E-state index is 0. The molecule has 2 N–H and O–H groups in total. The summed E-state index contributed by atoms with van der Waals surface area (Å²) in [6.07, 6.45) is 0. The van der Waals surface area contributed by atoms with E-state index in [1.54, 1.807) is 0 Å². The normalized spacial score (nSPS) is 12.4. The van der Waals surface area contributed by atoms with Gasteiger partial charge in [0.05, 0.1) is 21.1 Å². The molecule has 0 saturated carbocycles. The van der Waals surface area contributed by atoms with E-state index in [1.165, 1.54) is 109 Å². The van der Waals surface area contributed by atoms with Crippen molar-refractivity contribution in [2.75, 3.05) is 0 Å². The predicted molar refractivity (Wildman–Crippen MR) is 282 cm³/mol. The quantitative estimate of drug-likeness (QED) is 0.160. The van der Waals surface area contributed by atoms with E-state index in [2.05, 4.69) is 241 Å². The van der Waals surface area contributed by atoms with Gasteiger partial charge in [-0.1, -0.05) is 208 Å². The lowest BCUT2D eigenvalue weighted by Crippen LogP contribution is -2.28. The Morgan fingerprint density at radius 1 is 0.379 bits per heavy atom. The van der Waals surface area contributed by atoms with Gasteiger partial charge in [0.25, 0.3) is 0 Å². The van der Waals surface area contributed by atoms with E-state index in [4.69, 9.17) is 0 Å². The van der Waals surface area contributed by atoms with Crippen molar-refractivity contribution in [2.24, 2.45) is 0 Å². The highest BCUT2D eigenvalue weighted by Gasteiger charge is 2.46. The average Bonchev–Trinajstić information content (AvgIpc) is 4.04. The maximum Gasteiger partial charge on any atom is 0.0720 e. The first-order valence-corrected chi connectivity index (χ1v) is 23.6. The highest BCUT2D eigenvalue weighted by Crippen LogP contribution is 2.58. The van der Waals surface area contributed by atoms with Gasteiger partial charge in [-0.15, -0.1) is 11.3 Å². The first-order chi connectivity index (χ1) is 32.3. The highest BCUT2D eigenvalue weighted by atomic mass is 32.1. The van der Waals surface area contributed by atoms with Crippen molar-refractivity contribution in [3.63, 3.8) is 0 Å². The summed E-state index contributed by atoms with van der Waals surface area (Å²) in [5, 5.41) is 5.12. The topological polar surface area (TPSA) is 36.4 Å². The Bertz CT molecular complexity index is 3680. The van der Waals surface area contributed by atoms with Crippen LogP contribution in [0.15, 0.2) is 237 Å². The van der Waals surface area contributed by atoms with Gasteiger partial charge < -0.3 is 10.0 Å². The molecule has 2 nitrogen and oxygen atoms in total. The molecule has 0 unspecified atom stereocenters. The molecular weight excluding hydrogens is 819 g/mol. The van der Waals surface area contributed by atoms with E-state index >= 15 is 0 Å². The summed E-state index contributed by atoms with van der Waals surface area (Å²) in [4.78, 5) is 0. The van der Waals surface area contributed by atoms with Crippen molar-refractivity contribution in [1.82, 2.24) is 4.57 Å². The summed E-state index contributed by atoms with van der Waals surface area (Å²) in [5.41, 5.74) is 18.2. The second kappa shape index (κ2) is 16.6. The Labute approximate surface area is 389 Å². The van der Waals surface area contributed by atoms with Crippen molar-refractivity contribution >= 4 is 53.3 Å². The minimum Gasteiger partial charge on any atom is -0.412 e. The highest BCUT2D eigenvalue weighted by molar-refractivity contribution is 7.26.